The summed E-state index contributed by atoms with van der Waals surface area (Å²) < 4.78 is 10.7. The number of hydrogen-bond acceptors (Lipinski definition) is 4. The highest BCUT2D eigenvalue weighted by molar-refractivity contribution is 5.84. The van der Waals surface area contributed by atoms with Crippen molar-refractivity contribution in [1.29, 1.82) is 0 Å². The number of methoxy groups -OCH3 is 2. The van der Waals surface area contributed by atoms with Crippen molar-refractivity contribution < 1.29 is 24.2 Å². The second-order valence-corrected chi connectivity index (χ2v) is 7.08. The molecule has 1 saturated carbocycles. The second kappa shape index (κ2) is 8.33. The number of aliphatic carboxylic acids is 1. The number of ether oxygens (including phenoxy) is 2. The Labute approximate surface area is 164 Å². The number of amides is 1. The van der Waals surface area contributed by atoms with E-state index in [9.17, 15) is 14.7 Å². The lowest BCUT2D eigenvalue weighted by Crippen LogP contribution is -2.36. The zero-order chi connectivity index (χ0) is 20.3. The van der Waals surface area contributed by atoms with Gasteiger partial charge in [0.2, 0.25) is 5.91 Å². The van der Waals surface area contributed by atoms with Crippen LogP contribution in [0.25, 0.3) is 0 Å². The molecule has 0 aromatic heterocycles. The molecule has 0 saturated heterocycles. The fourth-order valence-electron chi connectivity index (χ4n) is 3.52. The minimum Gasteiger partial charge on any atom is -0.497 e. The van der Waals surface area contributed by atoms with Crippen molar-refractivity contribution in [2.75, 3.05) is 14.2 Å². The van der Waals surface area contributed by atoms with Gasteiger partial charge in [-0.15, -0.1) is 0 Å². The van der Waals surface area contributed by atoms with E-state index in [2.05, 4.69) is 5.32 Å². The first kappa shape index (κ1) is 19.7. The largest absolute Gasteiger partial charge is 0.497 e. The van der Waals surface area contributed by atoms with Gasteiger partial charge in [0.15, 0.2) is 0 Å². The first-order valence-corrected chi connectivity index (χ1v) is 9.26. The maximum absolute atomic E-state index is 12.9. The zero-order valence-corrected chi connectivity index (χ0v) is 16.2. The fourth-order valence-corrected chi connectivity index (χ4v) is 3.52. The molecule has 4 unspecified atom stereocenters. The highest BCUT2D eigenvalue weighted by Crippen LogP contribution is 2.51. The summed E-state index contributed by atoms with van der Waals surface area (Å²) in [5.74, 6) is -0.583. The molecule has 2 aromatic rings. The highest BCUT2D eigenvalue weighted by atomic mass is 16.5. The van der Waals surface area contributed by atoms with Crippen molar-refractivity contribution in [3.05, 3.63) is 59.7 Å². The molecule has 2 aromatic carbocycles. The van der Waals surface area contributed by atoms with Crippen LogP contribution in [0.1, 0.15) is 36.4 Å². The van der Waals surface area contributed by atoms with Crippen molar-refractivity contribution in [3.63, 3.8) is 0 Å². The number of carbonyl (C=O) groups is 2. The lowest BCUT2D eigenvalue weighted by Gasteiger charge is -2.23. The Hall–Kier alpha value is -3.02. The van der Waals surface area contributed by atoms with E-state index in [0.717, 1.165) is 16.9 Å². The molecule has 1 fully saturated rings. The van der Waals surface area contributed by atoms with Gasteiger partial charge in [-0.25, -0.2) is 0 Å². The van der Waals surface area contributed by atoms with Crippen LogP contribution in [0.3, 0.4) is 0 Å². The number of rotatable bonds is 8. The molecule has 0 aliphatic heterocycles. The van der Waals surface area contributed by atoms with Gasteiger partial charge < -0.3 is 19.9 Å². The van der Waals surface area contributed by atoms with Crippen LogP contribution in [-0.4, -0.2) is 31.2 Å². The number of carbonyl (C=O) groups excluding carboxylic acids is 1. The van der Waals surface area contributed by atoms with Crippen LogP contribution in [0.2, 0.25) is 0 Å². The zero-order valence-electron chi connectivity index (χ0n) is 16.2. The van der Waals surface area contributed by atoms with Crippen LogP contribution >= 0.6 is 0 Å². The Kier molecular flexibility index (Phi) is 5.87. The van der Waals surface area contributed by atoms with Gasteiger partial charge >= 0.3 is 5.97 Å². The minimum absolute atomic E-state index is 0.0293. The molecule has 0 spiro atoms. The molecule has 1 aliphatic rings. The number of nitrogens with one attached hydrogen (secondary N) is 1. The Bertz CT molecular complexity index is 851. The van der Waals surface area contributed by atoms with Gasteiger partial charge in [0.25, 0.3) is 0 Å². The van der Waals surface area contributed by atoms with Crippen LogP contribution in [0.15, 0.2) is 48.5 Å². The number of hydrogen-bond donors (Lipinski definition) is 2. The first-order valence-electron chi connectivity index (χ1n) is 9.26. The average molecular weight is 383 g/mol. The van der Waals surface area contributed by atoms with Gasteiger partial charge in [0.1, 0.15) is 11.5 Å². The fraction of sp³-hybridized carbons (Fsp3) is 0.364. The van der Waals surface area contributed by atoms with Gasteiger partial charge in [-0.1, -0.05) is 30.3 Å². The van der Waals surface area contributed by atoms with Gasteiger partial charge in [-0.2, -0.15) is 0 Å². The molecule has 148 valence electrons. The normalized spacial score (nSPS) is 20.0. The minimum atomic E-state index is -0.948. The summed E-state index contributed by atoms with van der Waals surface area (Å²) in [6.45, 7) is 1.61. The number of carboxylic acids is 1. The molecule has 1 aliphatic carbocycles. The van der Waals surface area contributed by atoms with Gasteiger partial charge in [0.05, 0.1) is 26.2 Å². The van der Waals surface area contributed by atoms with Crippen molar-refractivity contribution in [2.24, 2.45) is 11.8 Å². The highest BCUT2D eigenvalue weighted by Gasteiger charge is 2.46. The van der Waals surface area contributed by atoms with E-state index in [0.29, 0.717) is 12.2 Å². The third-order valence-corrected chi connectivity index (χ3v) is 5.31. The van der Waals surface area contributed by atoms with E-state index in [1.807, 2.05) is 48.5 Å². The monoisotopic (exact) mass is 383 g/mol. The molecule has 0 bridgehead atoms. The van der Waals surface area contributed by atoms with Crippen molar-refractivity contribution in [2.45, 2.75) is 25.3 Å². The quantitative estimate of drug-likeness (QED) is 0.730. The average Bonchev–Trinajstić information content (AvgIpc) is 3.52. The van der Waals surface area contributed by atoms with Crippen molar-refractivity contribution in [1.82, 2.24) is 5.32 Å². The summed E-state index contributed by atoms with van der Waals surface area (Å²) in [6.07, 6.45) is 0.693. The third kappa shape index (κ3) is 4.11. The maximum atomic E-state index is 12.9. The molecule has 6 heteroatoms. The van der Waals surface area contributed by atoms with Crippen molar-refractivity contribution >= 4 is 11.9 Å². The van der Waals surface area contributed by atoms with E-state index in [4.69, 9.17) is 9.47 Å². The third-order valence-electron chi connectivity index (χ3n) is 5.31. The van der Waals surface area contributed by atoms with E-state index < -0.39 is 17.9 Å². The number of benzene rings is 2. The van der Waals surface area contributed by atoms with Gasteiger partial charge in [-0.3, -0.25) is 9.59 Å². The maximum Gasteiger partial charge on any atom is 0.308 e. The Morgan fingerprint density at radius 1 is 1.11 bits per heavy atom. The second-order valence-electron chi connectivity index (χ2n) is 7.08. The predicted octanol–water partition coefficient (Wildman–Crippen LogP) is 3.39. The molecule has 28 heavy (non-hydrogen) atoms. The smallest absolute Gasteiger partial charge is 0.308 e. The van der Waals surface area contributed by atoms with E-state index >= 15 is 0 Å². The Morgan fingerprint density at radius 3 is 2.43 bits per heavy atom. The van der Waals surface area contributed by atoms with Gasteiger partial charge in [0, 0.05) is 17.4 Å². The van der Waals surface area contributed by atoms with Gasteiger partial charge in [-0.05, 0) is 37.1 Å². The van der Waals surface area contributed by atoms with Crippen molar-refractivity contribution in [3.8, 4) is 11.5 Å². The van der Waals surface area contributed by atoms with E-state index in [1.165, 1.54) is 0 Å². The summed E-state index contributed by atoms with van der Waals surface area (Å²) in [6, 6.07) is 14.2. The summed E-state index contributed by atoms with van der Waals surface area (Å²) in [4.78, 5) is 24.4. The Morgan fingerprint density at radius 2 is 1.82 bits per heavy atom. The molecule has 1 amide bonds. The molecule has 0 heterocycles. The topological polar surface area (TPSA) is 84.9 Å². The summed E-state index contributed by atoms with van der Waals surface area (Å²) >= 11 is 0. The lowest BCUT2D eigenvalue weighted by atomic mass is 9.94. The predicted molar refractivity (Wildman–Crippen MR) is 105 cm³/mol. The molecule has 4 atom stereocenters. The molecule has 2 N–H and O–H groups in total. The Balaban J connectivity index is 1.77. The first-order chi connectivity index (χ1) is 13.5. The molecular formula is C22H25NO5. The number of carboxylic acid groups (broad SMARTS) is 1. The van der Waals surface area contributed by atoms with Crippen LogP contribution in [-0.2, 0) is 9.59 Å². The molecular weight excluding hydrogens is 358 g/mol. The summed E-state index contributed by atoms with van der Waals surface area (Å²) in [5.41, 5.74) is 1.71. The van der Waals surface area contributed by atoms with E-state index in [-0.39, 0.29) is 17.7 Å². The standard InChI is InChI=1S/C22H25NO5/c1-13(22(25)26)20(14-7-5-4-6-8-14)23-21(24)18-12-16(18)17-11-15(27-2)9-10-19(17)28-3/h4-11,13,16,18,20H,12H2,1-3H3,(H,23,24)(H,25,26). The molecule has 0 radical (unpaired) electrons. The van der Waals surface area contributed by atoms with Crippen LogP contribution in [0.4, 0.5) is 0 Å². The van der Waals surface area contributed by atoms with Crippen LogP contribution in [0, 0.1) is 11.8 Å². The van der Waals surface area contributed by atoms with Crippen LogP contribution < -0.4 is 14.8 Å². The van der Waals surface area contributed by atoms with E-state index in [1.54, 1.807) is 21.1 Å². The lowest BCUT2D eigenvalue weighted by molar-refractivity contribution is -0.142. The van der Waals surface area contributed by atoms with Crippen LogP contribution in [0.5, 0.6) is 11.5 Å². The molecule has 3 rings (SSSR count). The molecule has 6 nitrogen and oxygen atoms in total. The summed E-state index contributed by atoms with van der Waals surface area (Å²) in [5, 5.41) is 12.4. The summed E-state index contributed by atoms with van der Waals surface area (Å²) in [7, 11) is 3.20. The SMILES string of the molecule is COc1ccc(OC)c(C2CC2C(=O)NC(c2ccccc2)C(C)C(=O)O)c1.